The van der Waals surface area contributed by atoms with E-state index in [4.69, 9.17) is 0 Å². The average Bonchev–Trinajstić information content (AvgIpc) is 2.77. The number of hydrogen-bond acceptors (Lipinski definition) is 2. The molecule has 0 spiro atoms. The zero-order chi connectivity index (χ0) is 13.9. The van der Waals surface area contributed by atoms with E-state index in [1.54, 1.807) is 18.5 Å². The fourth-order valence-corrected chi connectivity index (χ4v) is 2.35. The van der Waals surface area contributed by atoms with Crippen LogP contribution in [-0.4, -0.2) is 15.5 Å². The molecule has 3 aromatic rings. The molecule has 20 heavy (non-hydrogen) atoms. The summed E-state index contributed by atoms with van der Waals surface area (Å²) in [6.07, 6.45) is 5.32. The summed E-state index contributed by atoms with van der Waals surface area (Å²) in [5.74, 6) is -0.0567. The maximum absolute atomic E-state index is 12.1. The zero-order valence-electron chi connectivity index (χ0n) is 11.2. The summed E-state index contributed by atoms with van der Waals surface area (Å²) < 4.78 is 1.97. The van der Waals surface area contributed by atoms with Crippen LogP contribution in [0.15, 0.2) is 55.0 Å². The Morgan fingerprint density at radius 3 is 2.90 bits per heavy atom. The van der Waals surface area contributed by atoms with Crippen LogP contribution in [0.1, 0.15) is 5.56 Å². The summed E-state index contributed by atoms with van der Waals surface area (Å²) in [5, 5.41) is 4.02. The standard InChI is InChI=1S/C16H15N3O/c1-12-10-19(15-7-3-2-6-14(12)15)11-16(20)18-13-5-4-8-17-9-13/h2-10H,11H2,1H3,(H,18,20). The van der Waals surface area contributed by atoms with Gasteiger partial charge in [0, 0.05) is 23.3 Å². The van der Waals surface area contributed by atoms with Crippen molar-refractivity contribution in [1.29, 1.82) is 0 Å². The van der Waals surface area contributed by atoms with E-state index in [9.17, 15) is 4.79 Å². The number of fused-ring (bicyclic) bond motifs is 1. The topological polar surface area (TPSA) is 46.9 Å². The number of anilines is 1. The highest BCUT2D eigenvalue weighted by molar-refractivity contribution is 5.92. The van der Waals surface area contributed by atoms with Gasteiger partial charge in [-0.25, -0.2) is 0 Å². The molecule has 1 aromatic carbocycles. The summed E-state index contributed by atoms with van der Waals surface area (Å²) in [6, 6.07) is 11.7. The van der Waals surface area contributed by atoms with Gasteiger partial charge in [0.25, 0.3) is 0 Å². The Balaban J connectivity index is 1.81. The summed E-state index contributed by atoms with van der Waals surface area (Å²) in [7, 11) is 0. The third-order valence-electron chi connectivity index (χ3n) is 3.25. The van der Waals surface area contributed by atoms with Crippen molar-refractivity contribution in [3.8, 4) is 0 Å². The van der Waals surface area contributed by atoms with E-state index in [1.165, 1.54) is 10.9 Å². The smallest absolute Gasteiger partial charge is 0.244 e. The molecule has 0 aliphatic rings. The lowest BCUT2D eigenvalue weighted by Crippen LogP contribution is -2.18. The van der Waals surface area contributed by atoms with Crippen molar-refractivity contribution in [3.63, 3.8) is 0 Å². The van der Waals surface area contributed by atoms with Crippen LogP contribution in [0.2, 0.25) is 0 Å². The number of nitrogens with zero attached hydrogens (tertiary/aromatic N) is 2. The van der Waals surface area contributed by atoms with Crippen molar-refractivity contribution in [2.75, 3.05) is 5.32 Å². The second-order valence-corrected chi connectivity index (χ2v) is 4.75. The lowest BCUT2D eigenvalue weighted by molar-refractivity contribution is -0.116. The van der Waals surface area contributed by atoms with E-state index in [2.05, 4.69) is 23.3 Å². The van der Waals surface area contributed by atoms with Crippen molar-refractivity contribution in [2.45, 2.75) is 13.5 Å². The molecule has 0 aliphatic heterocycles. The minimum Gasteiger partial charge on any atom is -0.338 e. The van der Waals surface area contributed by atoms with E-state index >= 15 is 0 Å². The first-order chi connectivity index (χ1) is 9.74. The number of pyridine rings is 1. The molecular weight excluding hydrogens is 250 g/mol. The Hall–Kier alpha value is -2.62. The number of para-hydroxylation sites is 1. The number of amides is 1. The molecule has 0 fully saturated rings. The molecule has 0 radical (unpaired) electrons. The SMILES string of the molecule is Cc1cn(CC(=O)Nc2cccnc2)c2ccccc12. The van der Waals surface area contributed by atoms with Crippen molar-refractivity contribution in [2.24, 2.45) is 0 Å². The van der Waals surface area contributed by atoms with Gasteiger partial charge in [0.2, 0.25) is 5.91 Å². The normalized spacial score (nSPS) is 10.7. The molecule has 4 heteroatoms. The molecule has 0 saturated heterocycles. The average molecular weight is 265 g/mol. The maximum atomic E-state index is 12.1. The van der Waals surface area contributed by atoms with Crippen LogP contribution in [0.3, 0.4) is 0 Å². The Bertz CT molecular complexity index is 747. The highest BCUT2D eigenvalue weighted by Crippen LogP contribution is 2.20. The van der Waals surface area contributed by atoms with E-state index in [0.29, 0.717) is 12.2 Å². The van der Waals surface area contributed by atoms with Gasteiger partial charge in [0.15, 0.2) is 0 Å². The molecule has 0 atom stereocenters. The summed E-state index contributed by atoms with van der Waals surface area (Å²) in [6.45, 7) is 2.35. The highest BCUT2D eigenvalue weighted by atomic mass is 16.1. The Labute approximate surface area is 117 Å². The second kappa shape index (κ2) is 5.17. The predicted molar refractivity (Wildman–Crippen MR) is 79.5 cm³/mol. The Morgan fingerprint density at radius 2 is 2.10 bits per heavy atom. The Morgan fingerprint density at radius 1 is 1.25 bits per heavy atom. The number of nitrogens with one attached hydrogen (secondary N) is 1. The van der Waals surface area contributed by atoms with Crippen LogP contribution in [-0.2, 0) is 11.3 Å². The molecule has 2 aromatic heterocycles. The van der Waals surface area contributed by atoms with Gasteiger partial charge in [-0.3, -0.25) is 9.78 Å². The molecular formula is C16H15N3O. The minimum absolute atomic E-state index is 0.0567. The third kappa shape index (κ3) is 2.40. The van der Waals surface area contributed by atoms with Crippen LogP contribution < -0.4 is 5.32 Å². The third-order valence-corrected chi connectivity index (χ3v) is 3.25. The lowest BCUT2D eigenvalue weighted by Gasteiger charge is -2.06. The number of benzene rings is 1. The number of aryl methyl sites for hydroxylation is 1. The number of carbonyl (C=O) groups excluding carboxylic acids is 1. The van der Waals surface area contributed by atoms with Crippen LogP contribution in [0, 0.1) is 6.92 Å². The largest absolute Gasteiger partial charge is 0.338 e. The highest BCUT2D eigenvalue weighted by Gasteiger charge is 2.08. The lowest BCUT2D eigenvalue weighted by atomic mass is 10.2. The first kappa shape index (κ1) is 12.4. The van der Waals surface area contributed by atoms with E-state index in [1.807, 2.05) is 35.0 Å². The summed E-state index contributed by atoms with van der Waals surface area (Å²) in [4.78, 5) is 16.1. The van der Waals surface area contributed by atoms with Gasteiger partial charge in [-0.1, -0.05) is 18.2 Å². The number of hydrogen-bond donors (Lipinski definition) is 1. The molecule has 3 rings (SSSR count). The molecule has 0 bridgehead atoms. The molecule has 0 aliphatic carbocycles. The molecule has 2 heterocycles. The maximum Gasteiger partial charge on any atom is 0.244 e. The van der Waals surface area contributed by atoms with Gasteiger partial charge in [-0.05, 0) is 30.7 Å². The number of carbonyl (C=O) groups is 1. The quantitative estimate of drug-likeness (QED) is 0.791. The van der Waals surface area contributed by atoms with E-state index in [-0.39, 0.29) is 5.91 Å². The van der Waals surface area contributed by atoms with Gasteiger partial charge in [0.1, 0.15) is 6.54 Å². The first-order valence-corrected chi connectivity index (χ1v) is 6.48. The Kier molecular flexibility index (Phi) is 3.21. The fraction of sp³-hybridized carbons (Fsp3) is 0.125. The van der Waals surface area contributed by atoms with Crippen LogP contribution in [0.25, 0.3) is 10.9 Å². The van der Waals surface area contributed by atoms with Gasteiger partial charge >= 0.3 is 0 Å². The van der Waals surface area contributed by atoms with E-state index < -0.39 is 0 Å². The monoisotopic (exact) mass is 265 g/mol. The molecule has 0 unspecified atom stereocenters. The van der Waals surface area contributed by atoms with Crippen LogP contribution in [0.5, 0.6) is 0 Å². The van der Waals surface area contributed by atoms with Crippen molar-refractivity contribution in [3.05, 3.63) is 60.6 Å². The second-order valence-electron chi connectivity index (χ2n) is 4.75. The molecule has 1 N–H and O–H groups in total. The van der Waals surface area contributed by atoms with E-state index in [0.717, 1.165) is 5.52 Å². The van der Waals surface area contributed by atoms with Crippen LogP contribution >= 0.6 is 0 Å². The van der Waals surface area contributed by atoms with Crippen molar-refractivity contribution in [1.82, 2.24) is 9.55 Å². The minimum atomic E-state index is -0.0567. The molecule has 1 amide bonds. The van der Waals surface area contributed by atoms with Gasteiger partial charge in [-0.2, -0.15) is 0 Å². The fourth-order valence-electron chi connectivity index (χ4n) is 2.35. The van der Waals surface area contributed by atoms with Crippen LogP contribution in [0.4, 0.5) is 5.69 Å². The van der Waals surface area contributed by atoms with Crippen molar-refractivity contribution < 1.29 is 4.79 Å². The van der Waals surface area contributed by atoms with Gasteiger partial charge < -0.3 is 9.88 Å². The van der Waals surface area contributed by atoms with Gasteiger partial charge in [0.05, 0.1) is 11.9 Å². The first-order valence-electron chi connectivity index (χ1n) is 6.48. The number of rotatable bonds is 3. The predicted octanol–water partition coefficient (Wildman–Crippen LogP) is 2.98. The van der Waals surface area contributed by atoms with Crippen molar-refractivity contribution >= 4 is 22.5 Å². The summed E-state index contributed by atoms with van der Waals surface area (Å²) in [5.41, 5.74) is 2.96. The zero-order valence-corrected chi connectivity index (χ0v) is 11.2. The summed E-state index contributed by atoms with van der Waals surface area (Å²) >= 11 is 0. The number of aromatic nitrogens is 2. The molecule has 0 saturated carbocycles. The molecule has 100 valence electrons. The van der Waals surface area contributed by atoms with Gasteiger partial charge in [-0.15, -0.1) is 0 Å². The molecule has 4 nitrogen and oxygen atoms in total.